The number of thiazole rings is 1. The molecule has 2 aromatic carbocycles. The van der Waals surface area contributed by atoms with Crippen LogP contribution in [0.25, 0.3) is 10.2 Å². The van der Waals surface area contributed by atoms with E-state index in [-0.39, 0.29) is 17.7 Å². The maximum absolute atomic E-state index is 12.2. The average molecular weight is 587 g/mol. The summed E-state index contributed by atoms with van der Waals surface area (Å²) in [4.78, 5) is 33.0. The highest BCUT2D eigenvalue weighted by molar-refractivity contribution is 8.01. The summed E-state index contributed by atoms with van der Waals surface area (Å²) in [6.45, 7) is 3.16. The van der Waals surface area contributed by atoms with Gasteiger partial charge in [-0.05, 0) is 49.6 Å². The molecule has 1 aliphatic heterocycles. The fourth-order valence-electron chi connectivity index (χ4n) is 3.65. The van der Waals surface area contributed by atoms with Crippen LogP contribution in [0.2, 0.25) is 0 Å². The van der Waals surface area contributed by atoms with Crippen LogP contribution in [0.4, 0.5) is 11.4 Å². The summed E-state index contributed by atoms with van der Waals surface area (Å²) < 4.78 is 7.94. The molecule has 10 nitrogen and oxygen atoms in total. The van der Waals surface area contributed by atoms with Crippen LogP contribution in [-0.4, -0.2) is 57.2 Å². The van der Waals surface area contributed by atoms with Crippen molar-refractivity contribution < 1.29 is 14.5 Å². The number of ether oxygens (including phenoxy) is 1. The Morgan fingerprint density at radius 3 is 2.92 bits per heavy atom. The number of hydrogen-bond donors (Lipinski definition) is 1. The van der Waals surface area contributed by atoms with Gasteiger partial charge in [0.05, 0.1) is 37.6 Å². The molecular weight excluding hydrogens is 565 g/mol. The molecule has 1 N–H and O–H groups in total. The van der Waals surface area contributed by atoms with Gasteiger partial charge in [-0.1, -0.05) is 40.9 Å². The number of nitro benzene ring substituents is 1. The number of nitro groups is 1. The third-order valence-electron chi connectivity index (χ3n) is 5.48. The number of fused-ring (bicyclic) bond motifs is 1. The lowest BCUT2D eigenvalue weighted by molar-refractivity contribution is -0.387. The standard InChI is InChI=1S/C24H22N6O4S4/c1-14-28-29-24(36-14)37-20-7-4-15(9-19(20)30(32)33)11-25-16-5-6-18-21(10-16)38-23(27-18)35-13-22(31)26-12-17-3-2-8-34-17/h4-7,9-11,17H,2-3,8,12-13H2,1H3,(H,26,31). The van der Waals surface area contributed by atoms with Crippen molar-refractivity contribution in [3.63, 3.8) is 0 Å². The maximum atomic E-state index is 12.2. The van der Waals surface area contributed by atoms with Gasteiger partial charge in [0.1, 0.15) is 5.01 Å². The van der Waals surface area contributed by atoms with Gasteiger partial charge in [-0.2, -0.15) is 0 Å². The van der Waals surface area contributed by atoms with Crippen LogP contribution in [-0.2, 0) is 9.53 Å². The average Bonchev–Trinajstić information content (AvgIpc) is 3.66. The van der Waals surface area contributed by atoms with E-state index >= 15 is 0 Å². The van der Waals surface area contributed by atoms with Gasteiger partial charge < -0.3 is 10.1 Å². The van der Waals surface area contributed by atoms with E-state index in [1.807, 2.05) is 25.1 Å². The molecule has 38 heavy (non-hydrogen) atoms. The highest BCUT2D eigenvalue weighted by Gasteiger charge is 2.18. The fraction of sp³-hybridized carbons (Fsp3) is 0.292. The highest BCUT2D eigenvalue weighted by atomic mass is 32.2. The van der Waals surface area contributed by atoms with Crippen molar-refractivity contribution in [2.75, 3.05) is 18.9 Å². The van der Waals surface area contributed by atoms with E-state index in [2.05, 4.69) is 25.5 Å². The van der Waals surface area contributed by atoms with Gasteiger partial charge >= 0.3 is 0 Å². The molecule has 0 radical (unpaired) electrons. The number of aromatic nitrogens is 3. The number of thioether (sulfide) groups is 1. The minimum absolute atomic E-state index is 0.00816. The zero-order valence-electron chi connectivity index (χ0n) is 20.2. The monoisotopic (exact) mass is 586 g/mol. The Morgan fingerprint density at radius 2 is 2.16 bits per heavy atom. The highest BCUT2D eigenvalue weighted by Crippen LogP contribution is 2.37. The molecule has 1 atom stereocenters. The Bertz CT molecular complexity index is 1500. The SMILES string of the molecule is Cc1nnc(Sc2ccc(C=Nc3ccc4nc(SCC(=O)NCC5CCCO5)sc4c3)cc2[N+](=O)[O-])s1. The van der Waals surface area contributed by atoms with Crippen LogP contribution in [0, 0.1) is 17.0 Å². The van der Waals surface area contributed by atoms with Crippen LogP contribution in [0.5, 0.6) is 0 Å². The van der Waals surface area contributed by atoms with Crippen molar-refractivity contribution in [3.05, 3.63) is 57.1 Å². The smallest absolute Gasteiger partial charge is 0.283 e. The van der Waals surface area contributed by atoms with Crippen LogP contribution >= 0.6 is 46.2 Å². The summed E-state index contributed by atoms with van der Waals surface area (Å²) in [5.41, 5.74) is 2.15. The van der Waals surface area contributed by atoms with E-state index in [9.17, 15) is 14.9 Å². The summed E-state index contributed by atoms with van der Waals surface area (Å²) >= 11 is 5.52. The molecule has 0 spiro atoms. The van der Waals surface area contributed by atoms with E-state index in [4.69, 9.17) is 4.74 Å². The van der Waals surface area contributed by atoms with E-state index in [0.717, 1.165) is 39.0 Å². The van der Waals surface area contributed by atoms with E-state index < -0.39 is 4.92 Å². The zero-order chi connectivity index (χ0) is 26.5. The Morgan fingerprint density at radius 1 is 1.26 bits per heavy atom. The quantitative estimate of drug-likeness (QED) is 0.108. The summed E-state index contributed by atoms with van der Waals surface area (Å²) in [6, 6.07) is 10.6. The number of carbonyl (C=O) groups excluding carboxylic acids is 1. The lowest BCUT2D eigenvalue weighted by atomic mass is 10.2. The number of carbonyl (C=O) groups is 1. The molecule has 14 heteroatoms. The Kier molecular flexibility index (Phi) is 8.64. The fourth-order valence-corrected chi connectivity index (χ4v) is 7.44. The molecular formula is C24H22N6O4S4. The van der Waals surface area contributed by atoms with Crippen LogP contribution in [0.1, 0.15) is 23.4 Å². The molecule has 4 aromatic rings. The second kappa shape index (κ2) is 12.3. The number of nitrogens with zero attached hydrogens (tertiary/aromatic N) is 5. The van der Waals surface area contributed by atoms with Gasteiger partial charge in [0.25, 0.3) is 5.69 Å². The lowest BCUT2D eigenvalue weighted by Crippen LogP contribution is -2.32. The predicted molar refractivity (Wildman–Crippen MR) is 151 cm³/mol. The maximum Gasteiger partial charge on any atom is 0.283 e. The Hall–Kier alpha value is -2.91. The first kappa shape index (κ1) is 26.7. The molecule has 5 rings (SSSR count). The van der Waals surface area contributed by atoms with Crippen LogP contribution in [0.15, 0.2) is 55.0 Å². The number of rotatable bonds is 10. The van der Waals surface area contributed by atoms with Gasteiger partial charge in [0.15, 0.2) is 8.68 Å². The third kappa shape index (κ3) is 6.94. The molecule has 1 saturated heterocycles. The Labute approximate surface area is 234 Å². The van der Waals surface area contributed by atoms with Crippen molar-refractivity contribution in [1.82, 2.24) is 20.5 Å². The predicted octanol–water partition coefficient (Wildman–Crippen LogP) is 5.65. The van der Waals surface area contributed by atoms with Gasteiger partial charge in [-0.15, -0.1) is 21.5 Å². The molecule has 3 heterocycles. The van der Waals surface area contributed by atoms with Crippen molar-refractivity contribution >= 4 is 79.9 Å². The second-order valence-corrected chi connectivity index (χ2v) is 13.0. The molecule has 0 bridgehead atoms. The largest absolute Gasteiger partial charge is 0.376 e. The van der Waals surface area contributed by atoms with Crippen molar-refractivity contribution in [1.29, 1.82) is 0 Å². The van der Waals surface area contributed by atoms with E-state index in [1.165, 1.54) is 52.3 Å². The number of amides is 1. The number of benzene rings is 2. The Balaban J connectivity index is 1.22. The molecule has 1 fully saturated rings. The molecule has 0 aliphatic carbocycles. The molecule has 0 saturated carbocycles. The van der Waals surface area contributed by atoms with Crippen molar-refractivity contribution in [3.8, 4) is 0 Å². The summed E-state index contributed by atoms with van der Waals surface area (Å²) in [5.74, 6) is 0.260. The summed E-state index contributed by atoms with van der Waals surface area (Å²) in [6.07, 6.45) is 3.76. The third-order valence-corrected chi connectivity index (χ3v) is 9.59. The second-order valence-electron chi connectivity index (χ2n) is 8.29. The number of nitrogens with one attached hydrogen (secondary N) is 1. The first-order valence-electron chi connectivity index (χ1n) is 11.6. The van der Waals surface area contributed by atoms with Gasteiger partial charge in [0, 0.05) is 25.4 Å². The summed E-state index contributed by atoms with van der Waals surface area (Å²) in [5, 5.41) is 23.4. The van der Waals surface area contributed by atoms with Gasteiger partial charge in [-0.3, -0.25) is 19.9 Å². The lowest BCUT2D eigenvalue weighted by Gasteiger charge is -2.09. The van der Waals surface area contributed by atoms with Gasteiger partial charge in [0.2, 0.25) is 5.91 Å². The molecule has 1 amide bonds. The van der Waals surface area contributed by atoms with Gasteiger partial charge in [-0.25, -0.2) is 4.98 Å². The molecule has 1 aliphatic rings. The zero-order valence-corrected chi connectivity index (χ0v) is 23.4. The minimum atomic E-state index is -0.404. The van der Waals surface area contributed by atoms with Crippen molar-refractivity contribution in [2.45, 2.75) is 39.4 Å². The first-order valence-corrected chi connectivity index (χ1v) is 15.1. The van der Waals surface area contributed by atoms with E-state index in [1.54, 1.807) is 18.3 Å². The minimum Gasteiger partial charge on any atom is -0.376 e. The number of aliphatic imine (C=N–C) groups is 1. The van der Waals surface area contributed by atoms with Crippen LogP contribution in [0.3, 0.4) is 0 Å². The number of hydrogen-bond acceptors (Lipinski definition) is 12. The molecule has 2 aromatic heterocycles. The normalized spacial score (nSPS) is 15.4. The van der Waals surface area contributed by atoms with E-state index in [0.29, 0.717) is 32.8 Å². The topological polar surface area (TPSA) is 132 Å². The molecule has 1 unspecified atom stereocenters. The van der Waals surface area contributed by atoms with Crippen LogP contribution < -0.4 is 5.32 Å². The van der Waals surface area contributed by atoms with Crippen molar-refractivity contribution in [2.24, 2.45) is 4.99 Å². The molecule has 196 valence electrons. The number of aryl methyl sites for hydroxylation is 1. The first-order chi connectivity index (χ1) is 18.4. The summed E-state index contributed by atoms with van der Waals surface area (Å²) in [7, 11) is 0.